The second kappa shape index (κ2) is 9.45. The number of halogens is 1. The second-order valence-corrected chi connectivity index (χ2v) is 12.5. The molecule has 3 aromatic rings. The van der Waals surface area contributed by atoms with Gasteiger partial charge >= 0.3 is 0 Å². The highest BCUT2D eigenvalue weighted by atomic mass is 35.5. The van der Waals surface area contributed by atoms with Crippen LogP contribution in [0.5, 0.6) is 0 Å². The molecule has 38 heavy (non-hydrogen) atoms. The lowest BCUT2D eigenvalue weighted by Crippen LogP contribution is -2.29. The van der Waals surface area contributed by atoms with Crippen molar-refractivity contribution < 1.29 is 43.7 Å². The Bertz CT molecular complexity index is 1910. The highest BCUT2D eigenvalue weighted by molar-refractivity contribution is 7.87. The number of nitrogens with zero attached hydrogens (tertiary/aromatic N) is 4. The van der Waals surface area contributed by atoms with E-state index in [4.69, 9.17) is 11.6 Å². The molecule has 0 aromatic heterocycles. The summed E-state index contributed by atoms with van der Waals surface area (Å²) >= 11 is 5.96. The van der Waals surface area contributed by atoms with Crippen LogP contribution in [0, 0.1) is 0 Å². The lowest BCUT2D eigenvalue weighted by Gasteiger charge is -2.13. The van der Waals surface area contributed by atoms with Gasteiger partial charge in [-0.05, 0) is 54.8 Å². The molecule has 3 N–H and O–H groups in total. The molecule has 0 radical (unpaired) electrons. The molecule has 1 aliphatic heterocycles. The Balaban J connectivity index is 1.87. The summed E-state index contributed by atoms with van der Waals surface area (Å²) in [5.41, 5.74) is -0.174. The van der Waals surface area contributed by atoms with Gasteiger partial charge in [-0.15, -0.1) is 0 Å². The Morgan fingerprint density at radius 3 is 2.13 bits per heavy atom. The van der Waals surface area contributed by atoms with E-state index in [2.05, 4.69) is 15.3 Å². The van der Waals surface area contributed by atoms with Gasteiger partial charge in [0.05, 0.1) is 16.3 Å². The first-order chi connectivity index (χ1) is 17.5. The molecule has 200 valence electrons. The van der Waals surface area contributed by atoms with Crippen LogP contribution in [0.15, 0.2) is 78.5 Å². The van der Waals surface area contributed by atoms with E-state index in [1.807, 2.05) is 0 Å². The summed E-state index contributed by atoms with van der Waals surface area (Å²) in [5, 5.41) is 12.2. The maximum Gasteiger partial charge on any atom is 0.296 e. The van der Waals surface area contributed by atoms with Crippen LogP contribution in [0.2, 0.25) is 5.02 Å². The van der Waals surface area contributed by atoms with Gasteiger partial charge in [-0.2, -0.15) is 45.6 Å². The molecular weight excluding hydrogens is 588 g/mol. The van der Waals surface area contributed by atoms with Crippen molar-refractivity contribution in [3.63, 3.8) is 0 Å². The van der Waals surface area contributed by atoms with Crippen LogP contribution in [0.3, 0.4) is 0 Å². The van der Waals surface area contributed by atoms with Gasteiger partial charge < -0.3 is 0 Å². The van der Waals surface area contributed by atoms with Crippen molar-refractivity contribution in [2.45, 2.75) is 27.7 Å². The maximum absolute atomic E-state index is 12.9. The molecule has 0 fully saturated rings. The number of azo groups is 1. The van der Waals surface area contributed by atoms with Crippen molar-refractivity contribution >= 4 is 75.7 Å². The average Bonchev–Trinajstić information content (AvgIpc) is 3.07. The normalized spacial score (nSPS) is 17.0. The van der Waals surface area contributed by atoms with Crippen molar-refractivity contribution in [2.24, 2.45) is 15.3 Å². The third-order valence-electron chi connectivity index (χ3n) is 5.25. The van der Waals surface area contributed by atoms with Crippen molar-refractivity contribution in [3.8, 4) is 0 Å². The predicted molar refractivity (Wildman–Crippen MR) is 134 cm³/mol. The third-order valence-corrected chi connectivity index (χ3v) is 8.09. The second-order valence-electron chi connectivity index (χ2n) is 7.88. The summed E-state index contributed by atoms with van der Waals surface area (Å²) in [7, 11) is -15.2. The molecule has 1 aliphatic rings. The van der Waals surface area contributed by atoms with E-state index in [0.717, 1.165) is 17.1 Å². The summed E-state index contributed by atoms with van der Waals surface area (Å²) in [6.45, 7) is 1.45. The molecule has 3 aromatic carbocycles. The summed E-state index contributed by atoms with van der Waals surface area (Å²) in [5.74, 6) is -0.681. The summed E-state index contributed by atoms with van der Waals surface area (Å²) in [6.07, 6.45) is 0. The van der Waals surface area contributed by atoms with E-state index in [-0.39, 0.29) is 5.71 Å². The van der Waals surface area contributed by atoms with Crippen molar-refractivity contribution in [2.75, 3.05) is 5.01 Å². The molecule has 0 saturated carbocycles. The minimum Gasteiger partial charge on any atom is -0.282 e. The summed E-state index contributed by atoms with van der Waals surface area (Å²) in [6, 6.07) is 7.47. The number of fused-ring (bicyclic) bond motifs is 1. The van der Waals surface area contributed by atoms with Gasteiger partial charge in [0.15, 0.2) is 6.04 Å². The molecule has 0 spiro atoms. The van der Waals surface area contributed by atoms with Gasteiger partial charge in [0.25, 0.3) is 36.3 Å². The number of benzene rings is 3. The smallest absolute Gasteiger partial charge is 0.282 e. The molecule has 1 unspecified atom stereocenters. The van der Waals surface area contributed by atoms with Gasteiger partial charge in [0, 0.05) is 10.4 Å². The van der Waals surface area contributed by atoms with Crippen LogP contribution in [0.25, 0.3) is 10.8 Å². The molecule has 4 rings (SSSR count). The van der Waals surface area contributed by atoms with Gasteiger partial charge in [0.1, 0.15) is 15.5 Å². The molecule has 18 heteroatoms. The molecular formula is C20H15ClN4O10S3. The zero-order valence-electron chi connectivity index (χ0n) is 18.8. The van der Waals surface area contributed by atoms with E-state index < -0.39 is 73.4 Å². The van der Waals surface area contributed by atoms with E-state index in [0.29, 0.717) is 22.8 Å². The first kappa shape index (κ1) is 27.7. The van der Waals surface area contributed by atoms with Crippen molar-refractivity contribution in [1.82, 2.24) is 0 Å². The van der Waals surface area contributed by atoms with Crippen LogP contribution in [-0.2, 0) is 35.1 Å². The third kappa shape index (κ3) is 5.44. The van der Waals surface area contributed by atoms with Crippen molar-refractivity contribution in [3.05, 3.63) is 53.6 Å². The van der Waals surface area contributed by atoms with Crippen LogP contribution >= 0.6 is 11.6 Å². The van der Waals surface area contributed by atoms with Crippen molar-refractivity contribution in [1.29, 1.82) is 0 Å². The Hall–Kier alpha value is -3.32. The Kier molecular flexibility index (Phi) is 6.89. The standard InChI is InChI=1S/C20H15ClN4O10S3/c1-10-19(20(26)25(24-10)13-4-2-3-12(21)7-13)23-22-16-9-15-11(6-18(16)38(33,34)35)5-14(36(27,28)29)8-17(15)37(30,31)32/h2-9,19H,1H3,(H,27,28,29)(H,30,31,32)(H,33,34,35). The Morgan fingerprint density at radius 1 is 0.895 bits per heavy atom. The van der Waals surface area contributed by atoms with E-state index in [1.165, 1.54) is 13.0 Å². The Labute approximate surface area is 220 Å². The minimum absolute atomic E-state index is 0.157. The molecule has 0 aliphatic carbocycles. The topological polar surface area (TPSA) is 220 Å². The fraction of sp³-hybridized carbons (Fsp3) is 0.100. The number of hydrogen-bond donors (Lipinski definition) is 3. The zero-order chi connectivity index (χ0) is 28.2. The number of hydrogen-bond acceptors (Lipinski definition) is 10. The average molecular weight is 603 g/mol. The van der Waals surface area contributed by atoms with Gasteiger partial charge in [-0.3, -0.25) is 18.5 Å². The van der Waals surface area contributed by atoms with Gasteiger partial charge in [-0.25, -0.2) is 0 Å². The monoisotopic (exact) mass is 602 g/mol. The lowest BCUT2D eigenvalue weighted by atomic mass is 10.1. The largest absolute Gasteiger partial charge is 0.296 e. The molecule has 1 atom stereocenters. The molecule has 0 saturated heterocycles. The first-order valence-corrected chi connectivity index (χ1v) is 14.8. The number of carbonyl (C=O) groups excluding carboxylic acids is 1. The number of carbonyl (C=O) groups is 1. The fourth-order valence-electron chi connectivity index (χ4n) is 3.57. The number of hydrazone groups is 1. The van der Waals surface area contributed by atoms with Crippen LogP contribution in [0.4, 0.5) is 11.4 Å². The number of rotatable bonds is 6. The highest BCUT2D eigenvalue weighted by Crippen LogP contribution is 2.36. The minimum atomic E-state index is -5.12. The molecule has 14 nitrogen and oxygen atoms in total. The van der Waals surface area contributed by atoms with E-state index in [1.54, 1.807) is 18.2 Å². The van der Waals surface area contributed by atoms with Gasteiger partial charge in [-0.1, -0.05) is 17.7 Å². The highest BCUT2D eigenvalue weighted by Gasteiger charge is 2.35. The van der Waals surface area contributed by atoms with E-state index in [9.17, 15) is 43.7 Å². The first-order valence-electron chi connectivity index (χ1n) is 10.1. The maximum atomic E-state index is 12.9. The predicted octanol–water partition coefficient (Wildman–Crippen LogP) is 3.11. The summed E-state index contributed by atoms with van der Waals surface area (Å²) in [4.78, 5) is 9.99. The van der Waals surface area contributed by atoms with Crippen LogP contribution in [0.1, 0.15) is 6.92 Å². The SMILES string of the molecule is CC1=NN(c2cccc(Cl)c2)C(=O)C1N=Nc1cc2c(S(=O)(=O)O)cc(S(=O)(=O)O)cc2cc1S(=O)(=O)O. The fourth-order valence-corrected chi connectivity index (χ4v) is 5.74. The van der Waals surface area contributed by atoms with Gasteiger partial charge in [0.2, 0.25) is 0 Å². The molecule has 1 heterocycles. The number of amides is 1. The lowest BCUT2D eigenvalue weighted by molar-refractivity contribution is -0.117. The molecule has 0 bridgehead atoms. The quantitative estimate of drug-likeness (QED) is 0.276. The molecule has 1 amide bonds. The zero-order valence-corrected chi connectivity index (χ0v) is 22.0. The van der Waals surface area contributed by atoms with Crippen LogP contribution in [-0.4, -0.2) is 56.6 Å². The van der Waals surface area contributed by atoms with E-state index >= 15 is 0 Å². The number of anilines is 1. The Morgan fingerprint density at radius 2 is 1.55 bits per heavy atom. The summed E-state index contributed by atoms with van der Waals surface area (Å²) < 4.78 is 99.9. The van der Waals surface area contributed by atoms with Crippen LogP contribution < -0.4 is 5.01 Å².